The largest absolute Gasteiger partial charge is 0.354 e. The van der Waals surface area contributed by atoms with Gasteiger partial charge in [0.25, 0.3) is 0 Å². The van der Waals surface area contributed by atoms with E-state index in [-0.39, 0.29) is 30.3 Å². The average Bonchev–Trinajstić information content (AvgIpc) is 3.27. The third kappa shape index (κ3) is 7.67. The van der Waals surface area contributed by atoms with Crippen LogP contribution in [-0.4, -0.2) is 29.8 Å². The first-order valence-corrected chi connectivity index (χ1v) is 20.1. The van der Waals surface area contributed by atoms with E-state index in [2.05, 4.69) is 156 Å². The Kier molecular flexibility index (Phi) is 10.2. The van der Waals surface area contributed by atoms with E-state index in [1.807, 2.05) is 0 Å². The molecule has 0 saturated carbocycles. The quantitative estimate of drug-likeness (QED) is 0.256. The predicted octanol–water partition coefficient (Wildman–Crippen LogP) is 9.87. The van der Waals surface area contributed by atoms with Crippen LogP contribution in [0.4, 0.5) is 0 Å². The van der Waals surface area contributed by atoms with Gasteiger partial charge in [-0.2, -0.15) is 0 Å². The minimum atomic E-state index is -0.264. The van der Waals surface area contributed by atoms with Crippen LogP contribution in [-0.2, 0) is 0 Å². The summed E-state index contributed by atoms with van der Waals surface area (Å²) in [6.45, 7) is 0. The number of nitrogens with one attached hydrogen (secondary N) is 3. The fourth-order valence-electron chi connectivity index (χ4n) is 8.64. The Labute approximate surface area is 320 Å². The highest BCUT2D eigenvalue weighted by atomic mass is 15.3. The number of amidine groups is 3. The van der Waals surface area contributed by atoms with E-state index in [0.717, 1.165) is 68.9 Å². The van der Waals surface area contributed by atoms with Crippen LogP contribution < -0.4 is 16.0 Å². The molecule has 0 spiro atoms. The molecule has 7 aliphatic rings. The molecule has 6 atom stereocenters. The maximum absolute atomic E-state index is 5.23. The molecule has 0 bridgehead atoms. The molecule has 3 N–H and O–H groups in total. The van der Waals surface area contributed by atoms with Crippen LogP contribution in [0, 0.1) is 11.8 Å². The van der Waals surface area contributed by atoms with Crippen LogP contribution in [0.2, 0.25) is 0 Å². The first kappa shape index (κ1) is 34.4. The van der Waals surface area contributed by atoms with Gasteiger partial charge >= 0.3 is 0 Å². The SMILES string of the molecule is C1=CCCC(C2=NC(c3ccccc3)NC(C3C=C(c4cccc(C5C=C(C6N=C(C7=CCCC=C7)NC(C7C=CC=CC7)=N6)C=CC5)c4)CCC3)N2)=C1. The summed E-state index contributed by atoms with van der Waals surface area (Å²) in [7, 11) is 0. The van der Waals surface area contributed by atoms with Gasteiger partial charge in [-0.3, -0.25) is 5.32 Å². The second kappa shape index (κ2) is 16.0. The van der Waals surface area contributed by atoms with E-state index in [4.69, 9.17) is 15.0 Å². The van der Waals surface area contributed by atoms with Gasteiger partial charge in [-0.1, -0.05) is 140 Å². The van der Waals surface area contributed by atoms with Crippen molar-refractivity contribution < 1.29 is 0 Å². The molecule has 2 aromatic rings. The highest BCUT2D eigenvalue weighted by molar-refractivity contribution is 6.13. The molecule has 0 radical (unpaired) electrons. The molecule has 6 heteroatoms. The first-order chi connectivity index (χ1) is 26.7. The highest BCUT2D eigenvalue weighted by Crippen LogP contribution is 2.37. The average molecular weight is 711 g/mol. The molecule has 0 saturated heterocycles. The zero-order valence-corrected chi connectivity index (χ0v) is 30.9. The van der Waals surface area contributed by atoms with Gasteiger partial charge in [0.05, 0.1) is 6.17 Å². The van der Waals surface area contributed by atoms with Crippen LogP contribution in [0.25, 0.3) is 5.57 Å². The summed E-state index contributed by atoms with van der Waals surface area (Å²) in [4.78, 5) is 15.6. The van der Waals surface area contributed by atoms with E-state index in [1.165, 1.54) is 45.4 Å². The minimum absolute atomic E-state index is 0.0747. The molecule has 2 aromatic carbocycles. The van der Waals surface area contributed by atoms with Gasteiger partial charge in [0, 0.05) is 23.3 Å². The zero-order chi connectivity index (χ0) is 36.1. The lowest BCUT2D eigenvalue weighted by Gasteiger charge is -2.38. The van der Waals surface area contributed by atoms with Gasteiger partial charge < -0.3 is 10.6 Å². The van der Waals surface area contributed by atoms with E-state index in [0.29, 0.717) is 5.92 Å². The Bertz CT molecular complexity index is 2120. The van der Waals surface area contributed by atoms with Crippen LogP contribution in [0.3, 0.4) is 0 Å². The Morgan fingerprint density at radius 3 is 2.46 bits per heavy atom. The zero-order valence-electron chi connectivity index (χ0n) is 30.9. The molecular weight excluding hydrogens is 661 g/mol. The van der Waals surface area contributed by atoms with Gasteiger partial charge in [-0.05, 0) is 91.2 Å². The third-order valence-electron chi connectivity index (χ3n) is 11.6. The molecule has 5 aliphatic carbocycles. The number of allylic oxidation sites excluding steroid dienone is 11. The topological polar surface area (TPSA) is 73.2 Å². The fraction of sp³-hybridized carbons (Fsp3) is 0.312. The van der Waals surface area contributed by atoms with Crippen molar-refractivity contribution in [3.8, 4) is 0 Å². The maximum Gasteiger partial charge on any atom is 0.169 e. The smallest absolute Gasteiger partial charge is 0.169 e. The molecule has 272 valence electrons. The molecule has 0 amide bonds. The molecule has 2 aliphatic heterocycles. The van der Waals surface area contributed by atoms with Crippen molar-refractivity contribution in [3.63, 3.8) is 0 Å². The number of rotatable bonds is 8. The van der Waals surface area contributed by atoms with Gasteiger partial charge in [0.1, 0.15) is 23.7 Å². The van der Waals surface area contributed by atoms with Crippen LogP contribution in [0.5, 0.6) is 0 Å². The van der Waals surface area contributed by atoms with E-state index in [9.17, 15) is 0 Å². The van der Waals surface area contributed by atoms with Crippen molar-refractivity contribution >= 4 is 23.1 Å². The monoisotopic (exact) mass is 710 g/mol. The fourth-order valence-corrected chi connectivity index (χ4v) is 8.64. The number of benzene rings is 2. The summed E-state index contributed by atoms with van der Waals surface area (Å²) in [5, 5.41) is 11.4. The summed E-state index contributed by atoms with van der Waals surface area (Å²) in [6, 6.07) is 20.0. The van der Waals surface area contributed by atoms with Crippen molar-refractivity contribution in [1.82, 2.24) is 16.0 Å². The van der Waals surface area contributed by atoms with E-state index < -0.39 is 0 Å². The van der Waals surface area contributed by atoms with Crippen molar-refractivity contribution in [2.24, 2.45) is 26.8 Å². The van der Waals surface area contributed by atoms with E-state index >= 15 is 0 Å². The Morgan fingerprint density at radius 2 is 1.61 bits per heavy atom. The normalized spacial score (nSPS) is 29.1. The minimum Gasteiger partial charge on any atom is -0.354 e. The molecule has 6 nitrogen and oxygen atoms in total. The standard InChI is InChI=1S/C48H50N6/c1-5-16-33(17-6-1)43-49-44(34-18-7-2-8-19-34)52-47(51-43)41-28-14-26-39(31-41)37-24-13-25-38(30-37)40-27-15-29-42(32-40)48-53-45(35-20-9-3-10-21-35)50-46(54-48)36-22-11-4-12-23-36/h1-3,5-7,9-11,13,15-18,20,22-25,29-32,35,40-41,43,47-48,51H,4,8,12,14,19,21,26-28H2,(H,49,52)(H,50,53,54). The van der Waals surface area contributed by atoms with Crippen molar-refractivity contribution in [2.45, 2.75) is 82.2 Å². The predicted molar refractivity (Wildman–Crippen MR) is 224 cm³/mol. The summed E-state index contributed by atoms with van der Waals surface area (Å²) in [6.07, 6.45) is 40.9. The lowest BCUT2D eigenvalue weighted by Crippen LogP contribution is -2.55. The highest BCUT2D eigenvalue weighted by Gasteiger charge is 2.32. The maximum atomic E-state index is 5.23. The second-order valence-corrected chi connectivity index (χ2v) is 15.3. The molecule has 6 unspecified atom stereocenters. The van der Waals surface area contributed by atoms with Gasteiger partial charge in [0.2, 0.25) is 0 Å². The molecule has 0 aromatic heterocycles. The van der Waals surface area contributed by atoms with Crippen molar-refractivity contribution in [3.05, 3.63) is 173 Å². The molecule has 0 fully saturated rings. The van der Waals surface area contributed by atoms with E-state index in [1.54, 1.807) is 0 Å². The molecule has 9 rings (SSSR count). The lowest BCUT2D eigenvalue weighted by atomic mass is 9.83. The summed E-state index contributed by atoms with van der Waals surface area (Å²) in [5.74, 6) is 3.82. The van der Waals surface area contributed by atoms with Crippen molar-refractivity contribution in [1.29, 1.82) is 0 Å². The third-order valence-corrected chi connectivity index (χ3v) is 11.6. The number of hydrogen-bond acceptors (Lipinski definition) is 6. The number of aliphatic imine (C=N–C) groups is 3. The Morgan fingerprint density at radius 1 is 0.685 bits per heavy atom. The van der Waals surface area contributed by atoms with Gasteiger partial charge in [-0.25, -0.2) is 15.0 Å². The van der Waals surface area contributed by atoms with Crippen LogP contribution >= 0.6 is 0 Å². The lowest BCUT2D eigenvalue weighted by molar-refractivity contribution is 0.309. The van der Waals surface area contributed by atoms with Gasteiger partial charge in [-0.15, -0.1) is 0 Å². The molecule has 2 heterocycles. The first-order valence-electron chi connectivity index (χ1n) is 20.1. The van der Waals surface area contributed by atoms with Crippen molar-refractivity contribution in [2.75, 3.05) is 0 Å². The molecular formula is C48H50N6. The summed E-state index contributed by atoms with van der Waals surface area (Å²) < 4.78 is 0. The Balaban J connectivity index is 0.971. The number of hydrogen-bond donors (Lipinski definition) is 3. The second-order valence-electron chi connectivity index (χ2n) is 15.3. The van der Waals surface area contributed by atoms with Crippen LogP contribution in [0.1, 0.15) is 86.6 Å². The van der Waals surface area contributed by atoms with Gasteiger partial charge in [0.15, 0.2) is 6.17 Å². The number of nitrogens with zero attached hydrogens (tertiary/aromatic N) is 3. The Hall–Kier alpha value is -5.33. The summed E-state index contributed by atoms with van der Waals surface area (Å²) >= 11 is 0. The summed E-state index contributed by atoms with van der Waals surface area (Å²) in [5.41, 5.74) is 8.96. The van der Waals surface area contributed by atoms with Crippen LogP contribution in [0.15, 0.2) is 171 Å². The molecule has 54 heavy (non-hydrogen) atoms.